The Bertz CT molecular complexity index is 1090. The molecule has 0 saturated carbocycles. The van der Waals surface area contributed by atoms with Crippen molar-refractivity contribution in [1.82, 2.24) is 4.90 Å². The lowest BCUT2D eigenvalue weighted by atomic mass is 10.0. The fourth-order valence-corrected chi connectivity index (χ4v) is 4.45. The maximum atomic E-state index is 13.1. The van der Waals surface area contributed by atoms with Crippen molar-refractivity contribution in [3.8, 4) is 17.2 Å². The number of thioether (sulfide) groups is 1. The van der Waals surface area contributed by atoms with E-state index in [0.29, 0.717) is 18.7 Å². The second kappa shape index (κ2) is 9.06. The molecule has 4 rings (SSSR count). The first-order valence-corrected chi connectivity index (χ1v) is 11.2. The molecule has 1 heterocycles. The number of nitrogens with zero attached hydrogens (tertiary/aromatic N) is 3. The molecule has 1 aliphatic heterocycles. The smallest absolute Gasteiger partial charge is 0.320 e. The molecule has 2 amide bonds. The largest absolute Gasteiger partial charge is 0.324 e. The van der Waals surface area contributed by atoms with Crippen molar-refractivity contribution < 1.29 is 4.79 Å². The zero-order chi connectivity index (χ0) is 20.9. The van der Waals surface area contributed by atoms with Crippen LogP contribution < -0.4 is 4.90 Å². The van der Waals surface area contributed by atoms with Gasteiger partial charge in [0.2, 0.25) is 0 Å². The maximum Gasteiger partial charge on any atom is 0.324 e. The fraction of sp³-hybridized carbons (Fsp3) is 0.200. The molecule has 0 unspecified atom stereocenters. The summed E-state index contributed by atoms with van der Waals surface area (Å²) < 4.78 is 0. The van der Waals surface area contributed by atoms with Gasteiger partial charge in [0.15, 0.2) is 0 Å². The fourth-order valence-electron chi connectivity index (χ4n) is 3.83. The van der Waals surface area contributed by atoms with Crippen LogP contribution in [-0.2, 0) is 6.54 Å². The van der Waals surface area contributed by atoms with Crippen LogP contribution in [0.5, 0.6) is 0 Å². The van der Waals surface area contributed by atoms with Crippen LogP contribution in [-0.4, -0.2) is 30.3 Å². The quantitative estimate of drug-likeness (QED) is 0.498. The van der Waals surface area contributed by atoms with Gasteiger partial charge < -0.3 is 4.90 Å². The Balaban J connectivity index is 1.52. The number of rotatable bonds is 5. The van der Waals surface area contributed by atoms with Crippen LogP contribution in [0.2, 0.25) is 0 Å². The van der Waals surface area contributed by atoms with Crippen molar-refractivity contribution in [3.63, 3.8) is 0 Å². The van der Waals surface area contributed by atoms with Gasteiger partial charge in [0, 0.05) is 30.2 Å². The number of benzene rings is 3. The van der Waals surface area contributed by atoms with E-state index in [9.17, 15) is 4.79 Å². The van der Waals surface area contributed by atoms with E-state index in [1.54, 1.807) is 17.8 Å². The lowest BCUT2D eigenvalue weighted by molar-refractivity contribution is 0.192. The molecule has 0 radical (unpaired) electrons. The molecule has 0 atom stereocenters. The number of nitriles is 1. The zero-order valence-electron chi connectivity index (χ0n) is 16.9. The summed E-state index contributed by atoms with van der Waals surface area (Å²) in [6.45, 7) is 1.96. The highest BCUT2D eigenvalue weighted by Gasteiger charge is 2.26. The summed E-state index contributed by atoms with van der Waals surface area (Å²) in [4.78, 5) is 18.1. The van der Waals surface area contributed by atoms with E-state index < -0.39 is 0 Å². The van der Waals surface area contributed by atoms with Gasteiger partial charge in [-0.25, -0.2) is 4.79 Å². The van der Waals surface area contributed by atoms with Crippen LogP contribution >= 0.6 is 11.8 Å². The lowest BCUT2D eigenvalue weighted by Gasteiger charge is -2.35. The van der Waals surface area contributed by atoms with Gasteiger partial charge in [0.1, 0.15) is 0 Å². The molecule has 1 aliphatic rings. The Morgan fingerprint density at radius 1 is 1.00 bits per heavy atom. The Kier molecular flexibility index (Phi) is 6.06. The minimum absolute atomic E-state index is 0.0147. The van der Waals surface area contributed by atoms with Crippen LogP contribution in [0.15, 0.2) is 77.7 Å². The minimum Gasteiger partial charge on any atom is -0.320 e. The van der Waals surface area contributed by atoms with Gasteiger partial charge in [0.25, 0.3) is 0 Å². The maximum absolute atomic E-state index is 13.1. The van der Waals surface area contributed by atoms with Gasteiger partial charge in [-0.15, -0.1) is 11.8 Å². The van der Waals surface area contributed by atoms with Crippen molar-refractivity contribution in [2.24, 2.45) is 0 Å². The van der Waals surface area contributed by atoms with Gasteiger partial charge in [-0.1, -0.05) is 42.5 Å². The second-order valence-corrected chi connectivity index (χ2v) is 8.12. The lowest BCUT2D eigenvalue weighted by Crippen LogP contribution is -2.49. The van der Waals surface area contributed by atoms with Gasteiger partial charge in [-0.05, 0) is 59.7 Å². The van der Waals surface area contributed by atoms with E-state index >= 15 is 0 Å². The number of anilines is 1. The van der Waals surface area contributed by atoms with Crippen molar-refractivity contribution in [1.29, 1.82) is 5.26 Å². The molecule has 0 N–H and O–H groups in total. The molecule has 0 aromatic heterocycles. The molecular weight excluding hydrogens is 390 g/mol. The number of hydrogen-bond acceptors (Lipinski definition) is 3. The van der Waals surface area contributed by atoms with Gasteiger partial charge in [0.05, 0.1) is 11.6 Å². The minimum atomic E-state index is 0.0147. The van der Waals surface area contributed by atoms with Gasteiger partial charge >= 0.3 is 6.03 Å². The average Bonchev–Trinajstić information content (AvgIpc) is 2.81. The first-order valence-electron chi connectivity index (χ1n) is 9.98. The third-order valence-electron chi connectivity index (χ3n) is 5.34. The third kappa shape index (κ3) is 4.19. The summed E-state index contributed by atoms with van der Waals surface area (Å²) >= 11 is 1.74. The Labute approximate surface area is 181 Å². The third-order valence-corrected chi connectivity index (χ3v) is 6.13. The summed E-state index contributed by atoms with van der Waals surface area (Å²) in [7, 11) is 0. The molecular formula is C25H23N3OS. The van der Waals surface area contributed by atoms with Crippen molar-refractivity contribution in [2.45, 2.75) is 17.9 Å². The summed E-state index contributed by atoms with van der Waals surface area (Å²) in [5.41, 5.74) is 4.88. The molecule has 30 heavy (non-hydrogen) atoms. The monoisotopic (exact) mass is 413 g/mol. The zero-order valence-corrected chi connectivity index (χ0v) is 17.7. The van der Waals surface area contributed by atoms with Crippen LogP contribution in [0.25, 0.3) is 11.1 Å². The van der Waals surface area contributed by atoms with Crippen molar-refractivity contribution in [2.75, 3.05) is 24.2 Å². The van der Waals surface area contributed by atoms with Gasteiger partial charge in [-0.2, -0.15) is 5.26 Å². The number of urea groups is 1. The number of carbonyl (C=O) groups excluding carboxylic acids is 1. The highest BCUT2D eigenvalue weighted by molar-refractivity contribution is 7.98. The van der Waals surface area contributed by atoms with E-state index in [2.05, 4.69) is 48.7 Å². The number of carbonyl (C=O) groups is 1. The molecule has 3 aromatic carbocycles. The second-order valence-electron chi connectivity index (χ2n) is 7.27. The van der Waals surface area contributed by atoms with E-state index in [1.165, 1.54) is 10.5 Å². The molecule has 5 heteroatoms. The van der Waals surface area contributed by atoms with E-state index in [-0.39, 0.29) is 6.03 Å². The summed E-state index contributed by atoms with van der Waals surface area (Å²) in [5, 5.41) is 9.11. The van der Waals surface area contributed by atoms with Gasteiger partial charge in [-0.3, -0.25) is 4.90 Å². The first kappa shape index (κ1) is 20.1. The molecule has 0 aliphatic carbocycles. The molecule has 0 bridgehead atoms. The first-order chi connectivity index (χ1) is 14.7. The normalized spacial score (nSPS) is 13.9. The van der Waals surface area contributed by atoms with Crippen LogP contribution in [0.1, 0.15) is 17.5 Å². The molecule has 150 valence electrons. The number of hydrogen-bond donors (Lipinski definition) is 0. The van der Waals surface area contributed by atoms with E-state index in [1.807, 2.05) is 40.1 Å². The van der Waals surface area contributed by atoms with Crippen molar-refractivity contribution in [3.05, 3.63) is 83.9 Å². The standard InChI is InChI=1S/C25H23N3OS/c1-30-24-9-3-2-8-23(24)21-10-12-22(13-11-21)28-15-5-14-27(25(28)29)18-20-7-4-6-19(16-20)17-26/h2-4,6-13,16H,5,14-15,18H2,1H3. The molecule has 3 aromatic rings. The topological polar surface area (TPSA) is 47.3 Å². The molecule has 0 spiro atoms. The van der Waals surface area contributed by atoms with Crippen molar-refractivity contribution >= 4 is 23.5 Å². The predicted octanol–water partition coefficient (Wildman–Crippen LogP) is 5.78. The summed E-state index contributed by atoms with van der Waals surface area (Å²) in [6, 6.07) is 26.2. The summed E-state index contributed by atoms with van der Waals surface area (Å²) in [6.07, 6.45) is 3.00. The molecule has 1 fully saturated rings. The van der Waals surface area contributed by atoms with E-state index in [0.717, 1.165) is 29.8 Å². The highest BCUT2D eigenvalue weighted by atomic mass is 32.2. The van der Waals surface area contributed by atoms with Crippen LogP contribution in [0, 0.1) is 11.3 Å². The SMILES string of the molecule is CSc1ccccc1-c1ccc(N2CCCN(Cc3cccc(C#N)c3)C2=O)cc1. The van der Waals surface area contributed by atoms with E-state index in [4.69, 9.17) is 5.26 Å². The highest BCUT2D eigenvalue weighted by Crippen LogP contribution is 2.31. The predicted molar refractivity (Wildman–Crippen MR) is 123 cm³/mol. The van der Waals surface area contributed by atoms with Crippen LogP contribution in [0.4, 0.5) is 10.5 Å². The average molecular weight is 414 g/mol. The molecule has 1 saturated heterocycles. The summed E-state index contributed by atoms with van der Waals surface area (Å²) in [5.74, 6) is 0. The molecule has 4 nitrogen and oxygen atoms in total. The Morgan fingerprint density at radius 3 is 2.57 bits per heavy atom. The number of amides is 2. The van der Waals surface area contributed by atoms with Crippen LogP contribution in [0.3, 0.4) is 0 Å². The Morgan fingerprint density at radius 2 is 1.80 bits per heavy atom. The Hall–Kier alpha value is -3.23.